The third-order valence-corrected chi connectivity index (χ3v) is 5.25. The largest absolute Gasteiger partial charge is 0.494 e. The van der Waals surface area contributed by atoms with Crippen molar-refractivity contribution in [2.24, 2.45) is 5.10 Å². The molecule has 8 heteroatoms. The van der Waals surface area contributed by atoms with Gasteiger partial charge in [-0.2, -0.15) is 5.10 Å². The number of carbonyl (C=O) groups excluding carboxylic acids is 2. The Hall–Kier alpha value is -2.97. The van der Waals surface area contributed by atoms with E-state index < -0.39 is 5.97 Å². The summed E-state index contributed by atoms with van der Waals surface area (Å²) in [5.41, 5.74) is 3.82. The predicted molar refractivity (Wildman–Crippen MR) is 126 cm³/mol. The van der Waals surface area contributed by atoms with E-state index in [9.17, 15) is 9.59 Å². The fourth-order valence-corrected chi connectivity index (χ4v) is 3.44. The summed E-state index contributed by atoms with van der Waals surface area (Å²) in [4.78, 5) is 24.8. The van der Waals surface area contributed by atoms with Gasteiger partial charge >= 0.3 is 5.97 Å². The molecule has 6 nitrogen and oxygen atoms in total. The third-order valence-electron chi connectivity index (χ3n) is 4.06. The Morgan fingerprint density at radius 3 is 2.48 bits per heavy atom. The summed E-state index contributed by atoms with van der Waals surface area (Å²) >= 11 is 6.72. The van der Waals surface area contributed by atoms with Gasteiger partial charge in [0.2, 0.25) is 0 Å². The Morgan fingerprint density at radius 1 is 1.03 bits per heavy atom. The first kappa shape index (κ1) is 22.7. The second-order valence-electron chi connectivity index (χ2n) is 6.21. The van der Waals surface area contributed by atoms with Crippen LogP contribution >= 0.6 is 31.9 Å². The maximum Gasteiger partial charge on any atom is 0.343 e. The molecule has 158 valence electrons. The Labute approximate surface area is 196 Å². The van der Waals surface area contributed by atoms with Gasteiger partial charge in [-0.3, -0.25) is 4.79 Å². The molecule has 31 heavy (non-hydrogen) atoms. The van der Waals surface area contributed by atoms with E-state index in [1.54, 1.807) is 60.7 Å². The summed E-state index contributed by atoms with van der Waals surface area (Å²) in [6.45, 7) is 2.43. The quantitative estimate of drug-likeness (QED) is 0.182. The summed E-state index contributed by atoms with van der Waals surface area (Å²) in [5, 5.41) is 4.00. The van der Waals surface area contributed by atoms with Crippen LogP contribution in [0.1, 0.15) is 33.2 Å². The van der Waals surface area contributed by atoms with Crippen LogP contribution in [0.2, 0.25) is 0 Å². The number of nitrogens with zero attached hydrogens (tertiary/aromatic N) is 1. The van der Waals surface area contributed by atoms with Crippen molar-refractivity contribution in [3.8, 4) is 11.5 Å². The van der Waals surface area contributed by atoms with Crippen molar-refractivity contribution in [3.05, 3.63) is 92.4 Å². The highest BCUT2D eigenvalue weighted by Crippen LogP contribution is 2.23. The van der Waals surface area contributed by atoms with Gasteiger partial charge in [0, 0.05) is 14.5 Å². The molecule has 3 rings (SSSR count). The smallest absolute Gasteiger partial charge is 0.343 e. The van der Waals surface area contributed by atoms with E-state index in [-0.39, 0.29) is 5.91 Å². The second kappa shape index (κ2) is 10.9. The van der Waals surface area contributed by atoms with Crippen molar-refractivity contribution in [2.45, 2.75) is 6.92 Å². The number of halogens is 2. The minimum Gasteiger partial charge on any atom is -0.494 e. The Kier molecular flexibility index (Phi) is 7.97. The van der Waals surface area contributed by atoms with E-state index in [0.717, 1.165) is 4.47 Å². The van der Waals surface area contributed by atoms with Gasteiger partial charge < -0.3 is 9.47 Å². The van der Waals surface area contributed by atoms with Crippen molar-refractivity contribution < 1.29 is 19.1 Å². The van der Waals surface area contributed by atoms with Crippen molar-refractivity contribution in [3.63, 3.8) is 0 Å². The van der Waals surface area contributed by atoms with Gasteiger partial charge in [-0.05, 0) is 77.5 Å². The van der Waals surface area contributed by atoms with Crippen LogP contribution < -0.4 is 14.9 Å². The molecule has 3 aromatic rings. The first-order valence-electron chi connectivity index (χ1n) is 9.30. The molecule has 0 unspecified atom stereocenters. The minimum absolute atomic E-state index is 0.306. The van der Waals surface area contributed by atoms with E-state index in [1.807, 2.05) is 13.0 Å². The molecular weight excluding hydrogens is 528 g/mol. The average Bonchev–Trinajstić information content (AvgIpc) is 2.76. The number of carbonyl (C=O) groups is 2. The number of ether oxygens (including phenoxy) is 2. The Balaban J connectivity index is 1.72. The highest BCUT2D eigenvalue weighted by Gasteiger charge is 2.12. The molecule has 0 radical (unpaired) electrons. The number of amides is 1. The van der Waals surface area contributed by atoms with Crippen LogP contribution in [0.5, 0.6) is 11.5 Å². The highest BCUT2D eigenvalue weighted by molar-refractivity contribution is 9.10. The lowest BCUT2D eigenvalue weighted by Crippen LogP contribution is -2.18. The van der Waals surface area contributed by atoms with E-state index in [0.29, 0.717) is 39.3 Å². The zero-order valence-corrected chi connectivity index (χ0v) is 19.6. The van der Waals surface area contributed by atoms with Crippen LogP contribution in [0.15, 0.2) is 80.8 Å². The first-order chi connectivity index (χ1) is 15.0. The van der Waals surface area contributed by atoms with Gasteiger partial charge in [-0.15, -0.1) is 0 Å². The summed E-state index contributed by atoms with van der Waals surface area (Å²) in [6.07, 6.45) is 1.42. The molecule has 0 aliphatic rings. The van der Waals surface area contributed by atoms with Crippen LogP contribution in [-0.2, 0) is 0 Å². The summed E-state index contributed by atoms with van der Waals surface area (Å²) in [6, 6.07) is 18.8. The molecule has 1 N–H and O–H groups in total. The predicted octanol–water partition coefficient (Wildman–Crippen LogP) is 5.59. The topological polar surface area (TPSA) is 77.0 Å². The lowest BCUT2D eigenvalue weighted by atomic mass is 10.2. The van der Waals surface area contributed by atoms with E-state index in [4.69, 9.17) is 9.47 Å². The molecule has 0 aromatic heterocycles. The Morgan fingerprint density at radius 2 is 1.77 bits per heavy atom. The average molecular weight is 546 g/mol. The van der Waals surface area contributed by atoms with Gasteiger partial charge in [0.15, 0.2) is 0 Å². The normalized spacial score (nSPS) is 10.7. The number of esters is 1. The number of hydrogen-bond acceptors (Lipinski definition) is 5. The van der Waals surface area contributed by atoms with Crippen molar-refractivity contribution in [2.75, 3.05) is 6.61 Å². The number of hydrazone groups is 1. The molecular formula is C23H18Br2N2O4. The molecule has 0 aliphatic carbocycles. The zero-order valence-electron chi connectivity index (χ0n) is 16.5. The second-order valence-corrected chi connectivity index (χ2v) is 7.98. The SMILES string of the molecule is CCOc1ccc(C(=O)Oc2ccc(Br)cc2/C=N/NC(=O)c2ccccc2Br)cc1. The van der Waals surface area contributed by atoms with Gasteiger partial charge in [0.05, 0.1) is 23.9 Å². The Bertz CT molecular complexity index is 1110. The maximum atomic E-state index is 12.5. The fraction of sp³-hybridized carbons (Fsp3) is 0.0870. The number of benzene rings is 3. The number of hydrogen-bond donors (Lipinski definition) is 1. The molecule has 3 aromatic carbocycles. The van der Waals surface area contributed by atoms with Crippen molar-refractivity contribution >= 4 is 50.0 Å². The first-order valence-corrected chi connectivity index (χ1v) is 10.9. The zero-order chi connectivity index (χ0) is 22.2. The maximum absolute atomic E-state index is 12.5. The fourth-order valence-electron chi connectivity index (χ4n) is 2.59. The lowest BCUT2D eigenvalue weighted by molar-refractivity contribution is 0.0734. The van der Waals surface area contributed by atoms with Crippen LogP contribution in [-0.4, -0.2) is 24.7 Å². The van der Waals surface area contributed by atoms with Gasteiger partial charge in [-0.1, -0.05) is 28.1 Å². The van der Waals surface area contributed by atoms with E-state index >= 15 is 0 Å². The monoisotopic (exact) mass is 544 g/mol. The highest BCUT2D eigenvalue weighted by atomic mass is 79.9. The van der Waals surface area contributed by atoms with Crippen LogP contribution in [0.3, 0.4) is 0 Å². The van der Waals surface area contributed by atoms with Gasteiger partial charge in [0.25, 0.3) is 5.91 Å². The standard InChI is InChI=1S/C23H18Br2N2O4/c1-2-30-18-10-7-15(8-11-18)23(29)31-21-12-9-17(24)13-16(21)14-26-27-22(28)19-5-3-4-6-20(19)25/h3-14H,2H2,1H3,(H,27,28)/b26-14+. The number of nitrogens with one attached hydrogen (secondary N) is 1. The summed E-state index contributed by atoms with van der Waals surface area (Å²) in [5.74, 6) is 0.0983. The molecule has 0 aliphatic heterocycles. The van der Waals surface area contributed by atoms with Crippen LogP contribution in [0, 0.1) is 0 Å². The minimum atomic E-state index is -0.516. The molecule has 0 saturated carbocycles. The molecule has 0 saturated heterocycles. The third kappa shape index (κ3) is 6.26. The van der Waals surface area contributed by atoms with E-state index in [1.165, 1.54) is 6.21 Å². The van der Waals surface area contributed by atoms with Crippen LogP contribution in [0.4, 0.5) is 0 Å². The van der Waals surface area contributed by atoms with Crippen molar-refractivity contribution in [1.82, 2.24) is 5.43 Å². The summed E-state index contributed by atoms with van der Waals surface area (Å²) < 4.78 is 12.4. The molecule has 1 amide bonds. The van der Waals surface area contributed by atoms with Crippen LogP contribution in [0.25, 0.3) is 0 Å². The van der Waals surface area contributed by atoms with Crippen molar-refractivity contribution in [1.29, 1.82) is 0 Å². The molecule has 0 atom stereocenters. The molecule has 0 fully saturated rings. The van der Waals surface area contributed by atoms with Gasteiger partial charge in [-0.25, -0.2) is 10.2 Å². The van der Waals surface area contributed by atoms with Gasteiger partial charge in [0.1, 0.15) is 11.5 Å². The lowest BCUT2D eigenvalue weighted by Gasteiger charge is -2.09. The van der Waals surface area contributed by atoms with E-state index in [2.05, 4.69) is 42.4 Å². The summed E-state index contributed by atoms with van der Waals surface area (Å²) in [7, 11) is 0. The molecule has 0 spiro atoms. The number of rotatable bonds is 7. The molecule has 0 bridgehead atoms. The molecule has 0 heterocycles.